The van der Waals surface area contributed by atoms with Gasteiger partial charge in [0.05, 0.1) is 19.5 Å². The number of unbranched alkanes of at least 4 members (excludes halogenated alkanes) is 2. The van der Waals surface area contributed by atoms with Crippen LogP contribution in [0.3, 0.4) is 0 Å². The number of phosphoric acid groups is 3. The average molecular weight is 948 g/mol. The number of rotatable bonds is 26. The topological polar surface area (TPSA) is 401 Å². The number of carboxylic acid groups (broad SMARTS) is 1. The Kier molecular flexibility index (Phi) is 19.8. The maximum atomic E-state index is 12.7. The second-order valence-corrected chi connectivity index (χ2v) is 19.0. The van der Waals surface area contributed by atoms with E-state index < -0.39 is 90.5 Å². The average Bonchev–Trinajstić information content (AvgIpc) is 3.72. The molecule has 0 radical (unpaired) electrons. The monoisotopic (exact) mass is 947 g/mol. The maximum Gasteiger partial charge on any atom is 0.481 e. The smallest absolute Gasteiger partial charge is 0.481 e. The number of nitrogens with two attached hydrogens (primary N) is 1. The number of nitrogen functional groups attached to an aromatic ring is 1. The first-order valence-electron chi connectivity index (χ1n) is 18.0. The molecule has 1 aliphatic rings. The van der Waals surface area contributed by atoms with Gasteiger partial charge in [0.2, 0.25) is 16.9 Å². The molecule has 0 bridgehead atoms. The number of aliphatic hydroxyl groups is 2. The Morgan fingerprint density at radius 3 is 2.41 bits per heavy atom. The van der Waals surface area contributed by atoms with Crippen LogP contribution in [-0.2, 0) is 55.5 Å². The summed E-state index contributed by atoms with van der Waals surface area (Å²) in [6, 6.07) is 0. The number of ether oxygens (including phenoxy) is 1. The molecule has 0 aromatic carbocycles. The number of thioether (sulfide) groups is 1. The van der Waals surface area contributed by atoms with E-state index in [9.17, 15) is 62.7 Å². The molecule has 61 heavy (non-hydrogen) atoms. The number of carboxylic acids is 1. The lowest BCUT2D eigenvalue weighted by molar-refractivity contribution is -0.137. The van der Waals surface area contributed by atoms with Crippen LogP contribution in [0.5, 0.6) is 0 Å². The standard InChI is InChI=1S/C31H48N7O19P3S/c1-31(2,26(44)29(45)34-12-11-20(39)33-13-14-61-22(42)10-8-6-4-3-5-7-9-21(40)41)16-54-60(51,52)57-59(49,50)53-15-19-25(56-58(46,47)48)24(43)30(55-19)38-18-37-23-27(32)35-17-36-28(23)38/h4,6,8,10,17-19,24-26,30,43-44H,3,5,7,9,11-16H2,1-2H3,(H,33,39)(H,34,45)(H,40,41)(H,49,50)(H,51,52)(H2,32,35,36)(H2,46,47,48)/b6-4+,10-8+. The van der Waals surface area contributed by atoms with Gasteiger partial charge in [0.15, 0.2) is 17.7 Å². The van der Waals surface area contributed by atoms with Crippen LogP contribution < -0.4 is 16.4 Å². The molecule has 0 saturated carbocycles. The van der Waals surface area contributed by atoms with Crippen LogP contribution in [0.1, 0.15) is 52.2 Å². The number of hydrogen-bond donors (Lipinski definition) is 10. The molecule has 0 aliphatic carbocycles. The van der Waals surface area contributed by atoms with Gasteiger partial charge in [-0.1, -0.05) is 43.8 Å². The third-order valence-electron chi connectivity index (χ3n) is 8.24. The summed E-state index contributed by atoms with van der Waals surface area (Å²) in [5, 5.41) is 34.7. The van der Waals surface area contributed by atoms with Crippen LogP contribution >= 0.6 is 35.2 Å². The number of hydrogen-bond acceptors (Lipinski definition) is 19. The van der Waals surface area contributed by atoms with Crippen LogP contribution in [0.15, 0.2) is 37.0 Å². The number of allylic oxidation sites excluding steroid dienone is 3. The van der Waals surface area contributed by atoms with Crippen molar-refractivity contribution in [1.82, 2.24) is 30.2 Å². The van der Waals surface area contributed by atoms with Gasteiger partial charge in [0, 0.05) is 37.1 Å². The number of phosphoric ester groups is 3. The normalized spacial score (nSPS) is 21.0. The minimum atomic E-state index is -5.59. The molecular formula is C31H48N7O19P3S. The van der Waals surface area contributed by atoms with Gasteiger partial charge in [-0.2, -0.15) is 4.31 Å². The number of amides is 2. The second kappa shape index (κ2) is 23.3. The van der Waals surface area contributed by atoms with E-state index in [1.54, 1.807) is 12.2 Å². The summed E-state index contributed by atoms with van der Waals surface area (Å²) >= 11 is 0.959. The van der Waals surface area contributed by atoms with Crippen molar-refractivity contribution in [3.05, 3.63) is 37.0 Å². The Morgan fingerprint density at radius 1 is 1.02 bits per heavy atom. The van der Waals surface area contributed by atoms with Crippen molar-refractivity contribution in [3.63, 3.8) is 0 Å². The lowest BCUT2D eigenvalue weighted by atomic mass is 9.87. The number of carbonyl (C=O) groups excluding carboxylic acids is 3. The zero-order valence-corrected chi connectivity index (χ0v) is 36.1. The molecule has 342 valence electrons. The molecule has 30 heteroatoms. The zero-order chi connectivity index (χ0) is 45.6. The molecule has 11 N–H and O–H groups in total. The summed E-state index contributed by atoms with van der Waals surface area (Å²) in [6.07, 6.45) is 1.41. The molecule has 2 aromatic rings. The van der Waals surface area contributed by atoms with Crippen molar-refractivity contribution in [2.45, 2.75) is 76.6 Å². The van der Waals surface area contributed by atoms with E-state index in [1.165, 1.54) is 19.9 Å². The Balaban J connectivity index is 1.41. The molecule has 26 nitrogen and oxygen atoms in total. The summed E-state index contributed by atoms with van der Waals surface area (Å²) in [4.78, 5) is 98.1. The molecular weight excluding hydrogens is 899 g/mol. The van der Waals surface area contributed by atoms with E-state index in [-0.39, 0.29) is 53.8 Å². The van der Waals surface area contributed by atoms with Gasteiger partial charge >= 0.3 is 29.4 Å². The van der Waals surface area contributed by atoms with Gasteiger partial charge in [-0.25, -0.2) is 28.6 Å². The summed E-state index contributed by atoms with van der Waals surface area (Å²) < 4.78 is 62.1. The minimum Gasteiger partial charge on any atom is -0.481 e. The number of nitrogens with one attached hydrogen (secondary N) is 2. The fraction of sp³-hybridized carbons (Fsp3) is 0.581. The maximum absolute atomic E-state index is 12.7. The number of fused-ring (bicyclic) bond motifs is 1. The van der Waals surface area contributed by atoms with Crippen LogP contribution in [0, 0.1) is 5.41 Å². The second-order valence-electron chi connectivity index (χ2n) is 13.7. The molecule has 7 atom stereocenters. The number of anilines is 1. The van der Waals surface area contributed by atoms with Gasteiger partial charge in [-0.05, 0) is 25.3 Å². The first-order chi connectivity index (χ1) is 28.4. The van der Waals surface area contributed by atoms with Gasteiger partial charge in [0.25, 0.3) is 0 Å². The number of imidazole rings is 1. The fourth-order valence-corrected chi connectivity index (χ4v) is 8.59. The molecule has 2 amide bonds. The van der Waals surface area contributed by atoms with E-state index in [2.05, 4.69) is 34.4 Å². The molecule has 1 aliphatic heterocycles. The van der Waals surface area contributed by atoms with Gasteiger partial charge in [-0.15, -0.1) is 0 Å². The Bertz CT molecular complexity index is 2050. The predicted molar refractivity (Wildman–Crippen MR) is 211 cm³/mol. The number of aliphatic carboxylic acids is 1. The Labute approximate surface area is 351 Å². The SMILES string of the molecule is CC(C)(COP(=O)(O)OP(=O)(O)OCC1OC(n2cnc3c(N)ncnc32)C(O)C1OP(=O)(O)O)C(O)C(=O)NCCC(=O)NCCSC(=O)/C=C/C=C/CCCCC(=O)O. The number of nitrogens with zero attached hydrogens (tertiary/aromatic N) is 4. The zero-order valence-electron chi connectivity index (χ0n) is 32.6. The molecule has 1 fully saturated rings. The molecule has 7 unspecified atom stereocenters. The lowest BCUT2D eigenvalue weighted by Gasteiger charge is -2.30. The molecule has 0 spiro atoms. The summed E-state index contributed by atoms with van der Waals surface area (Å²) in [5.74, 6) is -2.12. The number of aliphatic hydroxyl groups excluding tert-OH is 2. The highest BCUT2D eigenvalue weighted by atomic mass is 32.2. The largest absolute Gasteiger partial charge is 0.481 e. The van der Waals surface area contributed by atoms with Crippen molar-refractivity contribution in [3.8, 4) is 0 Å². The third kappa shape index (κ3) is 17.7. The van der Waals surface area contributed by atoms with Crippen molar-refractivity contribution in [2.75, 3.05) is 37.8 Å². The highest BCUT2D eigenvalue weighted by Gasteiger charge is 2.50. The predicted octanol–water partition coefficient (Wildman–Crippen LogP) is 0.422. The van der Waals surface area contributed by atoms with E-state index >= 15 is 0 Å². The number of carbonyl (C=O) groups is 4. The summed E-state index contributed by atoms with van der Waals surface area (Å²) in [7, 11) is -16.4. The van der Waals surface area contributed by atoms with E-state index in [0.29, 0.717) is 19.3 Å². The summed E-state index contributed by atoms with van der Waals surface area (Å²) in [6.45, 7) is 0.328. The molecule has 2 aromatic heterocycles. The quantitative estimate of drug-likeness (QED) is 0.0264. The van der Waals surface area contributed by atoms with Crippen molar-refractivity contribution in [1.29, 1.82) is 0 Å². The molecule has 3 heterocycles. The van der Waals surface area contributed by atoms with Gasteiger partial charge in [-0.3, -0.25) is 37.3 Å². The fourth-order valence-electron chi connectivity index (χ4n) is 5.18. The summed E-state index contributed by atoms with van der Waals surface area (Å²) in [5.41, 5.74) is 4.22. The highest BCUT2D eigenvalue weighted by molar-refractivity contribution is 8.14. The van der Waals surface area contributed by atoms with Crippen molar-refractivity contribution >= 4 is 75.1 Å². The van der Waals surface area contributed by atoms with E-state index in [1.807, 2.05) is 6.08 Å². The van der Waals surface area contributed by atoms with Crippen LogP contribution in [0.4, 0.5) is 5.82 Å². The number of aromatic nitrogens is 4. The van der Waals surface area contributed by atoms with Crippen LogP contribution in [-0.4, -0.2) is 134 Å². The Hall–Kier alpha value is -3.49. The first kappa shape index (κ1) is 51.9. The Morgan fingerprint density at radius 2 is 1.72 bits per heavy atom. The van der Waals surface area contributed by atoms with Crippen LogP contribution in [0.2, 0.25) is 0 Å². The molecule has 3 rings (SSSR count). The van der Waals surface area contributed by atoms with Crippen molar-refractivity contribution in [2.24, 2.45) is 5.41 Å². The first-order valence-corrected chi connectivity index (χ1v) is 23.5. The van der Waals surface area contributed by atoms with Gasteiger partial charge in [0.1, 0.15) is 36.3 Å². The van der Waals surface area contributed by atoms with Crippen LogP contribution in [0.25, 0.3) is 11.2 Å². The lowest BCUT2D eigenvalue weighted by Crippen LogP contribution is -2.46. The highest BCUT2D eigenvalue weighted by Crippen LogP contribution is 2.61. The van der Waals surface area contributed by atoms with Gasteiger partial charge < -0.3 is 56.0 Å². The van der Waals surface area contributed by atoms with E-state index in [4.69, 9.17) is 24.6 Å². The minimum absolute atomic E-state index is 0.0220. The third-order valence-corrected chi connectivity index (χ3v) is 12.2. The molecule has 1 saturated heterocycles. The van der Waals surface area contributed by atoms with E-state index in [0.717, 1.165) is 29.0 Å². The van der Waals surface area contributed by atoms with Crippen molar-refractivity contribution < 1.29 is 90.4 Å².